The third-order valence-corrected chi connectivity index (χ3v) is 2.99. The second-order valence-electron chi connectivity index (χ2n) is 4.11. The molecule has 0 saturated heterocycles. The standard InChI is InChI=1S/C14H11NO3/c16-13-5-6-14(17)15(13)7-8-18-12-9-10-3-1-2-4-11(10)12/h1-6,9H,7-8H2. The van der Waals surface area contributed by atoms with Crippen molar-refractivity contribution in [1.29, 1.82) is 0 Å². The summed E-state index contributed by atoms with van der Waals surface area (Å²) in [6.45, 7) is 0.601. The summed E-state index contributed by atoms with van der Waals surface area (Å²) in [6.07, 6.45) is 4.50. The number of imide groups is 1. The maximum absolute atomic E-state index is 11.3. The molecule has 90 valence electrons. The Bertz CT molecular complexity index is 568. The monoisotopic (exact) mass is 241 g/mol. The molecular weight excluding hydrogens is 230 g/mol. The van der Waals surface area contributed by atoms with E-state index in [4.69, 9.17) is 4.74 Å². The van der Waals surface area contributed by atoms with Crippen LogP contribution in [0.2, 0.25) is 0 Å². The van der Waals surface area contributed by atoms with Gasteiger partial charge >= 0.3 is 0 Å². The quantitative estimate of drug-likeness (QED) is 0.749. The van der Waals surface area contributed by atoms with E-state index in [9.17, 15) is 9.59 Å². The van der Waals surface area contributed by atoms with E-state index in [1.165, 1.54) is 17.1 Å². The van der Waals surface area contributed by atoms with E-state index < -0.39 is 0 Å². The van der Waals surface area contributed by atoms with Crippen LogP contribution in [0.3, 0.4) is 0 Å². The van der Waals surface area contributed by atoms with Gasteiger partial charge in [0.15, 0.2) is 0 Å². The Morgan fingerprint density at radius 1 is 1.06 bits per heavy atom. The van der Waals surface area contributed by atoms with Gasteiger partial charge in [0, 0.05) is 17.7 Å². The van der Waals surface area contributed by atoms with Crippen molar-refractivity contribution in [2.24, 2.45) is 0 Å². The van der Waals surface area contributed by atoms with Crippen molar-refractivity contribution < 1.29 is 14.3 Å². The minimum Gasteiger partial charge on any atom is -0.491 e. The minimum atomic E-state index is -0.272. The topological polar surface area (TPSA) is 46.6 Å². The van der Waals surface area contributed by atoms with E-state index in [0.29, 0.717) is 6.61 Å². The van der Waals surface area contributed by atoms with Crippen LogP contribution in [-0.4, -0.2) is 29.9 Å². The summed E-state index contributed by atoms with van der Waals surface area (Å²) in [5.41, 5.74) is 2.23. The van der Waals surface area contributed by atoms with Crippen LogP contribution in [0.1, 0.15) is 11.1 Å². The molecule has 0 spiro atoms. The van der Waals surface area contributed by atoms with Crippen LogP contribution in [0.5, 0.6) is 0 Å². The Morgan fingerprint density at radius 3 is 2.50 bits per heavy atom. The number of hydrogen-bond acceptors (Lipinski definition) is 3. The van der Waals surface area contributed by atoms with Gasteiger partial charge in [-0.25, -0.2) is 0 Å². The highest BCUT2D eigenvalue weighted by Crippen LogP contribution is 2.32. The molecular formula is C14H11NO3. The van der Waals surface area contributed by atoms with Crippen LogP contribution in [0.25, 0.3) is 11.8 Å². The number of benzene rings is 1. The van der Waals surface area contributed by atoms with Gasteiger partial charge in [0.25, 0.3) is 11.8 Å². The van der Waals surface area contributed by atoms with Crippen LogP contribution < -0.4 is 0 Å². The highest BCUT2D eigenvalue weighted by atomic mass is 16.5. The Kier molecular flexibility index (Phi) is 2.48. The second kappa shape index (κ2) is 4.14. The number of ether oxygens (including phenoxy) is 1. The molecule has 4 heteroatoms. The summed E-state index contributed by atoms with van der Waals surface area (Å²) in [6, 6.07) is 7.92. The van der Waals surface area contributed by atoms with Gasteiger partial charge in [0.1, 0.15) is 12.4 Å². The number of carbonyl (C=O) groups is 2. The SMILES string of the molecule is O=C1C=CC(=O)N1CCOC1=Cc2ccccc21. The summed E-state index contributed by atoms with van der Waals surface area (Å²) in [4.78, 5) is 23.8. The van der Waals surface area contributed by atoms with Crippen molar-refractivity contribution in [2.75, 3.05) is 13.2 Å². The molecule has 0 aromatic heterocycles. The first-order valence-electron chi connectivity index (χ1n) is 5.73. The van der Waals surface area contributed by atoms with E-state index in [-0.39, 0.29) is 18.4 Å². The van der Waals surface area contributed by atoms with Crippen LogP contribution in [-0.2, 0) is 14.3 Å². The highest BCUT2D eigenvalue weighted by Gasteiger charge is 2.23. The molecule has 1 aromatic rings. The molecule has 0 unspecified atom stereocenters. The molecule has 1 heterocycles. The maximum Gasteiger partial charge on any atom is 0.253 e. The molecule has 1 aromatic carbocycles. The first-order valence-corrected chi connectivity index (χ1v) is 5.73. The van der Waals surface area contributed by atoms with Crippen molar-refractivity contribution in [1.82, 2.24) is 4.90 Å². The minimum absolute atomic E-state index is 0.272. The van der Waals surface area contributed by atoms with Gasteiger partial charge in [0.2, 0.25) is 0 Å². The van der Waals surface area contributed by atoms with Gasteiger partial charge in [-0.2, -0.15) is 0 Å². The zero-order valence-corrected chi connectivity index (χ0v) is 9.63. The Hall–Kier alpha value is -2.36. The predicted octanol–water partition coefficient (Wildman–Crippen LogP) is 1.44. The van der Waals surface area contributed by atoms with Crippen molar-refractivity contribution in [2.45, 2.75) is 0 Å². The number of hydrogen-bond donors (Lipinski definition) is 0. The first-order chi connectivity index (χ1) is 8.75. The maximum atomic E-state index is 11.3. The Morgan fingerprint density at radius 2 is 1.78 bits per heavy atom. The van der Waals surface area contributed by atoms with Gasteiger partial charge in [0.05, 0.1) is 6.54 Å². The molecule has 0 N–H and O–H groups in total. The average Bonchev–Trinajstić information content (AvgIpc) is 2.66. The summed E-state index contributed by atoms with van der Waals surface area (Å²) < 4.78 is 5.55. The molecule has 0 bridgehead atoms. The fourth-order valence-corrected chi connectivity index (χ4v) is 2.01. The van der Waals surface area contributed by atoms with Gasteiger partial charge in [-0.3, -0.25) is 14.5 Å². The van der Waals surface area contributed by atoms with Gasteiger partial charge in [-0.1, -0.05) is 24.3 Å². The highest BCUT2D eigenvalue weighted by molar-refractivity contribution is 6.12. The summed E-state index contributed by atoms with van der Waals surface area (Å²) in [7, 11) is 0. The van der Waals surface area contributed by atoms with E-state index in [1.54, 1.807) is 0 Å². The smallest absolute Gasteiger partial charge is 0.253 e. The molecule has 0 saturated carbocycles. The molecule has 0 radical (unpaired) electrons. The van der Waals surface area contributed by atoms with E-state index in [1.807, 2.05) is 30.3 Å². The van der Waals surface area contributed by atoms with Crippen LogP contribution in [0.4, 0.5) is 0 Å². The normalized spacial score (nSPS) is 16.4. The van der Waals surface area contributed by atoms with Gasteiger partial charge in [-0.05, 0) is 11.6 Å². The summed E-state index contributed by atoms with van der Waals surface area (Å²) in [5, 5.41) is 0. The largest absolute Gasteiger partial charge is 0.491 e. The number of nitrogens with zero attached hydrogens (tertiary/aromatic N) is 1. The number of fused-ring (bicyclic) bond motifs is 1. The number of amides is 2. The molecule has 0 atom stereocenters. The molecule has 3 rings (SSSR count). The molecule has 18 heavy (non-hydrogen) atoms. The summed E-state index contributed by atoms with van der Waals surface area (Å²) >= 11 is 0. The number of carbonyl (C=O) groups excluding carboxylic acids is 2. The first kappa shape index (κ1) is 10.8. The Labute approximate surface area is 104 Å². The molecule has 1 aliphatic carbocycles. The molecule has 2 aliphatic rings. The van der Waals surface area contributed by atoms with Gasteiger partial charge in [-0.15, -0.1) is 0 Å². The third kappa shape index (κ3) is 1.72. The van der Waals surface area contributed by atoms with Crippen molar-refractivity contribution >= 4 is 23.6 Å². The van der Waals surface area contributed by atoms with Gasteiger partial charge < -0.3 is 4.74 Å². The summed E-state index contributed by atoms with van der Waals surface area (Å²) in [5.74, 6) is 0.274. The van der Waals surface area contributed by atoms with E-state index in [2.05, 4.69) is 0 Å². The third-order valence-electron chi connectivity index (χ3n) is 2.99. The van der Waals surface area contributed by atoms with Crippen LogP contribution in [0, 0.1) is 0 Å². The zero-order valence-electron chi connectivity index (χ0n) is 9.63. The lowest BCUT2D eigenvalue weighted by molar-refractivity contribution is -0.137. The molecule has 4 nitrogen and oxygen atoms in total. The average molecular weight is 241 g/mol. The second-order valence-corrected chi connectivity index (χ2v) is 4.11. The molecule has 2 amide bonds. The number of rotatable bonds is 4. The fourth-order valence-electron chi connectivity index (χ4n) is 2.01. The molecule has 1 aliphatic heterocycles. The molecule has 0 fully saturated rings. The Balaban J connectivity index is 1.53. The van der Waals surface area contributed by atoms with Crippen LogP contribution in [0.15, 0.2) is 36.4 Å². The van der Waals surface area contributed by atoms with E-state index >= 15 is 0 Å². The van der Waals surface area contributed by atoms with E-state index in [0.717, 1.165) is 16.9 Å². The predicted molar refractivity (Wildman–Crippen MR) is 66.1 cm³/mol. The van der Waals surface area contributed by atoms with Crippen molar-refractivity contribution in [3.8, 4) is 0 Å². The zero-order chi connectivity index (χ0) is 12.5. The van der Waals surface area contributed by atoms with Crippen LogP contribution >= 0.6 is 0 Å². The lowest BCUT2D eigenvalue weighted by atomic mass is 9.96. The van der Waals surface area contributed by atoms with Crippen molar-refractivity contribution in [3.05, 3.63) is 47.5 Å². The van der Waals surface area contributed by atoms with Crippen molar-refractivity contribution in [3.63, 3.8) is 0 Å². The fraction of sp³-hybridized carbons (Fsp3) is 0.143. The lowest BCUT2D eigenvalue weighted by Gasteiger charge is -2.21. The lowest BCUT2D eigenvalue weighted by Crippen LogP contribution is -2.33.